The summed E-state index contributed by atoms with van der Waals surface area (Å²) in [5.41, 5.74) is 0. The first-order chi connectivity index (χ1) is 6.91. The topological polar surface area (TPSA) is 47.6 Å². The van der Waals surface area contributed by atoms with Crippen LogP contribution >= 0.6 is 11.8 Å². The van der Waals surface area contributed by atoms with Crippen LogP contribution in [0.1, 0.15) is 6.42 Å². The molecule has 0 saturated carbocycles. The van der Waals surface area contributed by atoms with Crippen molar-refractivity contribution in [2.75, 3.05) is 45.0 Å². The Kier molecular flexibility index (Phi) is 12.5. The van der Waals surface area contributed by atoms with E-state index in [9.17, 15) is 4.79 Å². The molecule has 0 rings (SSSR count). The molecular weight excluding hydrogens is 202 g/mol. The molecule has 0 aromatic rings. The molecule has 0 unspecified atom stereocenters. The van der Waals surface area contributed by atoms with Gasteiger partial charge in [-0.1, -0.05) is 0 Å². The SMILES string of the molecule is CSCCCOCCOCCNC=O. The molecule has 14 heavy (non-hydrogen) atoms. The largest absolute Gasteiger partial charge is 0.379 e. The van der Waals surface area contributed by atoms with Gasteiger partial charge in [0.05, 0.1) is 19.8 Å². The van der Waals surface area contributed by atoms with Crippen LogP contribution in [0.4, 0.5) is 0 Å². The number of carbonyl (C=O) groups is 1. The van der Waals surface area contributed by atoms with Crippen LogP contribution in [0.5, 0.6) is 0 Å². The van der Waals surface area contributed by atoms with Gasteiger partial charge in [0.15, 0.2) is 0 Å². The van der Waals surface area contributed by atoms with Gasteiger partial charge in [0.2, 0.25) is 6.41 Å². The van der Waals surface area contributed by atoms with E-state index >= 15 is 0 Å². The summed E-state index contributed by atoms with van der Waals surface area (Å²) in [6.07, 6.45) is 3.85. The summed E-state index contributed by atoms with van der Waals surface area (Å²) in [5.74, 6) is 1.14. The van der Waals surface area contributed by atoms with E-state index in [1.807, 2.05) is 11.8 Å². The van der Waals surface area contributed by atoms with Crippen LogP contribution < -0.4 is 5.32 Å². The lowest BCUT2D eigenvalue weighted by atomic mass is 10.5. The number of carbonyl (C=O) groups excluding carboxylic acids is 1. The van der Waals surface area contributed by atoms with Gasteiger partial charge in [-0.15, -0.1) is 0 Å². The molecule has 0 aliphatic rings. The maximum Gasteiger partial charge on any atom is 0.207 e. The average molecular weight is 221 g/mol. The van der Waals surface area contributed by atoms with Gasteiger partial charge in [-0.3, -0.25) is 4.79 Å². The third kappa shape index (κ3) is 11.7. The Hall–Kier alpha value is -0.260. The molecule has 0 saturated heterocycles. The van der Waals surface area contributed by atoms with Gasteiger partial charge in [0, 0.05) is 13.2 Å². The quantitative estimate of drug-likeness (QED) is 0.408. The summed E-state index contributed by atoms with van der Waals surface area (Å²) in [7, 11) is 0. The lowest BCUT2D eigenvalue weighted by molar-refractivity contribution is -0.109. The van der Waals surface area contributed by atoms with E-state index in [4.69, 9.17) is 9.47 Å². The molecule has 0 spiro atoms. The minimum atomic E-state index is 0.549. The summed E-state index contributed by atoms with van der Waals surface area (Å²) in [4.78, 5) is 9.85. The van der Waals surface area contributed by atoms with Gasteiger partial charge in [-0.25, -0.2) is 0 Å². The second-order valence-electron chi connectivity index (χ2n) is 2.64. The Labute approximate surface area is 89.7 Å². The fraction of sp³-hybridized carbons (Fsp3) is 0.889. The second-order valence-corrected chi connectivity index (χ2v) is 3.63. The van der Waals surface area contributed by atoms with Crippen molar-refractivity contribution in [3.05, 3.63) is 0 Å². The summed E-state index contributed by atoms with van der Waals surface area (Å²) in [6, 6.07) is 0. The van der Waals surface area contributed by atoms with Gasteiger partial charge < -0.3 is 14.8 Å². The van der Waals surface area contributed by atoms with Crippen LogP contribution in [0.25, 0.3) is 0 Å². The Morgan fingerprint density at radius 1 is 1.21 bits per heavy atom. The normalized spacial score (nSPS) is 10.1. The van der Waals surface area contributed by atoms with Crippen LogP contribution in [-0.2, 0) is 14.3 Å². The highest BCUT2D eigenvalue weighted by Crippen LogP contribution is 1.95. The maximum absolute atomic E-state index is 9.85. The van der Waals surface area contributed by atoms with Gasteiger partial charge in [-0.05, 0) is 18.4 Å². The number of amides is 1. The molecule has 84 valence electrons. The van der Waals surface area contributed by atoms with E-state index in [1.54, 1.807) is 0 Å². The zero-order chi connectivity index (χ0) is 10.5. The third-order valence-corrected chi connectivity index (χ3v) is 2.18. The number of nitrogens with one attached hydrogen (secondary N) is 1. The fourth-order valence-electron chi connectivity index (χ4n) is 0.817. The molecule has 4 nitrogen and oxygen atoms in total. The van der Waals surface area contributed by atoms with E-state index < -0.39 is 0 Å². The lowest BCUT2D eigenvalue weighted by Crippen LogP contribution is -2.18. The first kappa shape index (κ1) is 13.7. The highest BCUT2D eigenvalue weighted by Gasteiger charge is 1.90. The molecule has 1 N–H and O–H groups in total. The van der Waals surface area contributed by atoms with E-state index in [1.165, 1.54) is 0 Å². The minimum absolute atomic E-state index is 0.549. The van der Waals surface area contributed by atoms with Gasteiger partial charge in [0.1, 0.15) is 0 Å². The minimum Gasteiger partial charge on any atom is -0.379 e. The number of ether oxygens (including phenoxy) is 2. The summed E-state index contributed by atoms with van der Waals surface area (Å²) < 4.78 is 10.5. The van der Waals surface area contributed by atoms with Crippen LogP contribution in [0.15, 0.2) is 0 Å². The highest BCUT2D eigenvalue weighted by molar-refractivity contribution is 7.98. The Bertz CT molecular complexity index is 125. The first-order valence-corrected chi connectivity index (χ1v) is 6.12. The van der Waals surface area contributed by atoms with Crippen molar-refractivity contribution in [3.63, 3.8) is 0 Å². The molecule has 0 aliphatic heterocycles. The molecule has 0 bridgehead atoms. The van der Waals surface area contributed by atoms with Gasteiger partial charge in [-0.2, -0.15) is 11.8 Å². The van der Waals surface area contributed by atoms with Crippen molar-refractivity contribution < 1.29 is 14.3 Å². The van der Waals surface area contributed by atoms with Gasteiger partial charge in [0.25, 0.3) is 0 Å². The monoisotopic (exact) mass is 221 g/mol. The van der Waals surface area contributed by atoms with E-state index in [-0.39, 0.29) is 0 Å². The number of thioether (sulfide) groups is 1. The Morgan fingerprint density at radius 2 is 1.93 bits per heavy atom. The first-order valence-electron chi connectivity index (χ1n) is 4.73. The molecule has 0 aromatic carbocycles. The van der Waals surface area contributed by atoms with Crippen LogP contribution in [0, 0.1) is 0 Å². The van der Waals surface area contributed by atoms with Crippen LogP contribution in [-0.4, -0.2) is 51.4 Å². The summed E-state index contributed by atoms with van der Waals surface area (Å²) in [6.45, 7) is 3.15. The Morgan fingerprint density at radius 3 is 2.57 bits per heavy atom. The van der Waals surface area contributed by atoms with Crippen molar-refractivity contribution >= 4 is 18.2 Å². The van der Waals surface area contributed by atoms with E-state index in [0.29, 0.717) is 32.8 Å². The highest BCUT2D eigenvalue weighted by atomic mass is 32.2. The van der Waals surface area contributed by atoms with E-state index in [2.05, 4.69) is 11.6 Å². The van der Waals surface area contributed by atoms with Crippen molar-refractivity contribution in [1.82, 2.24) is 5.32 Å². The number of hydrogen-bond acceptors (Lipinski definition) is 4. The molecule has 1 amide bonds. The third-order valence-electron chi connectivity index (χ3n) is 1.48. The standard InChI is InChI=1S/C9H19NO3S/c1-14-8-2-4-12-6-7-13-5-3-10-9-11/h9H,2-8H2,1H3,(H,10,11). The van der Waals surface area contributed by atoms with Crippen LogP contribution in [0.3, 0.4) is 0 Å². The molecule has 0 heterocycles. The summed E-state index contributed by atoms with van der Waals surface area (Å²) >= 11 is 1.83. The molecule has 0 aromatic heterocycles. The van der Waals surface area contributed by atoms with Crippen molar-refractivity contribution in [2.45, 2.75) is 6.42 Å². The lowest BCUT2D eigenvalue weighted by Gasteiger charge is -2.04. The Balaban J connectivity index is 2.81. The van der Waals surface area contributed by atoms with Crippen molar-refractivity contribution in [3.8, 4) is 0 Å². The van der Waals surface area contributed by atoms with E-state index in [0.717, 1.165) is 18.8 Å². The average Bonchev–Trinajstić information content (AvgIpc) is 2.21. The summed E-state index contributed by atoms with van der Waals surface area (Å²) in [5, 5.41) is 2.52. The fourth-order valence-corrected chi connectivity index (χ4v) is 1.22. The maximum atomic E-state index is 9.85. The predicted molar refractivity (Wildman–Crippen MR) is 58.7 cm³/mol. The zero-order valence-corrected chi connectivity index (χ0v) is 9.48. The molecular formula is C9H19NO3S. The van der Waals surface area contributed by atoms with Crippen molar-refractivity contribution in [1.29, 1.82) is 0 Å². The second kappa shape index (κ2) is 12.7. The number of hydrogen-bond donors (Lipinski definition) is 1. The predicted octanol–water partition coefficient (Wildman–Crippen LogP) is 0.519. The van der Waals surface area contributed by atoms with Crippen molar-refractivity contribution in [2.24, 2.45) is 0 Å². The van der Waals surface area contributed by atoms with Gasteiger partial charge >= 0.3 is 0 Å². The van der Waals surface area contributed by atoms with Crippen LogP contribution in [0.2, 0.25) is 0 Å². The molecule has 0 fully saturated rings. The molecule has 0 aliphatic carbocycles. The zero-order valence-electron chi connectivity index (χ0n) is 8.66. The number of rotatable bonds is 11. The molecule has 5 heteroatoms. The smallest absolute Gasteiger partial charge is 0.207 e. The molecule has 0 atom stereocenters. The molecule has 0 radical (unpaired) electrons.